The Bertz CT molecular complexity index is 848. The van der Waals surface area contributed by atoms with Crippen molar-refractivity contribution < 1.29 is 4.79 Å². The molecule has 0 radical (unpaired) electrons. The molecule has 6 heteroatoms. The minimum atomic E-state index is 0.136. The number of benzene rings is 1. The molecule has 1 saturated heterocycles. The highest BCUT2D eigenvalue weighted by Crippen LogP contribution is 2.27. The Balaban J connectivity index is 1.37. The summed E-state index contributed by atoms with van der Waals surface area (Å²) in [7, 11) is 0. The second-order valence-electron chi connectivity index (χ2n) is 5.97. The highest BCUT2D eigenvalue weighted by Gasteiger charge is 2.27. The molecular formula is C18H18N4OS. The Hall–Kier alpha value is -2.34. The fourth-order valence-electron chi connectivity index (χ4n) is 3.04. The van der Waals surface area contributed by atoms with Crippen molar-refractivity contribution in [1.29, 1.82) is 0 Å². The third-order valence-electron chi connectivity index (χ3n) is 4.33. The van der Waals surface area contributed by atoms with E-state index < -0.39 is 0 Å². The van der Waals surface area contributed by atoms with Crippen LogP contribution in [0.5, 0.6) is 0 Å². The highest BCUT2D eigenvalue weighted by molar-refractivity contribution is 7.99. The summed E-state index contributed by atoms with van der Waals surface area (Å²) in [6.07, 6.45) is 8.47. The molecule has 1 aromatic carbocycles. The quantitative estimate of drug-likeness (QED) is 0.686. The summed E-state index contributed by atoms with van der Waals surface area (Å²) >= 11 is 1.73. The normalized spacial score (nSPS) is 17.5. The predicted octanol–water partition coefficient (Wildman–Crippen LogP) is 2.98. The first-order valence-corrected chi connectivity index (χ1v) is 9.04. The molecule has 2 aromatic heterocycles. The number of hydrogen-bond acceptors (Lipinski definition) is 4. The van der Waals surface area contributed by atoms with Crippen LogP contribution in [-0.2, 0) is 0 Å². The Morgan fingerprint density at radius 1 is 1.17 bits per heavy atom. The predicted molar refractivity (Wildman–Crippen MR) is 94.2 cm³/mol. The first kappa shape index (κ1) is 15.2. The molecule has 0 aliphatic carbocycles. The molecule has 4 rings (SSSR count). The zero-order valence-corrected chi connectivity index (χ0v) is 14.0. The van der Waals surface area contributed by atoms with Gasteiger partial charge in [-0.2, -0.15) is 0 Å². The van der Waals surface area contributed by atoms with Crippen molar-refractivity contribution in [2.45, 2.75) is 11.4 Å². The maximum atomic E-state index is 12.5. The van der Waals surface area contributed by atoms with Crippen LogP contribution in [0.2, 0.25) is 0 Å². The monoisotopic (exact) mass is 338 g/mol. The number of imidazole rings is 1. The molecule has 3 heterocycles. The molecule has 0 N–H and O–H groups in total. The molecule has 3 aromatic rings. The zero-order valence-electron chi connectivity index (χ0n) is 13.2. The number of aromatic nitrogens is 3. The number of amides is 1. The third-order valence-corrected chi connectivity index (χ3v) is 5.53. The summed E-state index contributed by atoms with van der Waals surface area (Å²) in [5.74, 6) is 1.59. The van der Waals surface area contributed by atoms with Gasteiger partial charge in [0.15, 0.2) is 5.65 Å². The van der Waals surface area contributed by atoms with Gasteiger partial charge in [0.05, 0.1) is 0 Å². The Morgan fingerprint density at radius 2 is 1.96 bits per heavy atom. The summed E-state index contributed by atoms with van der Waals surface area (Å²) in [4.78, 5) is 23.3. The van der Waals surface area contributed by atoms with Crippen LogP contribution in [0.1, 0.15) is 16.8 Å². The molecule has 1 aliphatic rings. The average Bonchev–Trinajstić information content (AvgIpc) is 3.29. The van der Waals surface area contributed by atoms with Gasteiger partial charge in [-0.05, 0) is 24.5 Å². The van der Waals surface area contributed by atoms with Gasteiger partial charge >= 0.3 is 0 Å². The summed E-state index contributed by atoms with van der Waals surface area (Å²) < 4.78 is 1.98. The Labute approximate surface area is 144 Å². The summed E-state index contributed by atoms with van der Waals surface area (Å²) in [6.45, 7) is 1.65. The summed E-state index contributed by atoms with van der Waals surface area (Å²) in [6, 6.07) is 9.52. The van der Waals surface area contributed by atoms with Gasteiger partial charge in [0, 0.05) is 49.2 Å². The average molecular weight is 338 g/mol. The first-order valence-electron chi connectivity index (χ1n) is 8.06. The molecule has 1 aliphatic heterocycles. The van der Waals surface area contributed by atoms with Crippen molar-refractivity contribution in [3.05, 3.63) is 60.7 Å². The van der Waals surface area contributed by atoms with Crippen LogP contribution in [0.3, 0.4) is 0 Å². The van der Waals surface area contributed by atoms with E-state index in [4.69, 9.17) is 0 Å². The van der Waals surface area contributed by atoms with Crippen LogP contribution in [0.15, 0.2) is 60.1 Å². The summed E-state index contributed by atoms with van der Waals surface area (Å²) in [5, 5.41) is 0.954. The molecule has 122 valence electrons. The van der Waals surface area contributed by atoms with Gasteiger partial charge in [-0.1, -0.05) is 18.2 Å². The van der Waals surface area contributed by atoms with Crippen LogP contribution < -0.4 is 0 Å². The number of hydrogen-bond donors (Lipinski definition) is 0. The van der Waals surface area contributed by atoms with Crippen LogP contribution in [-0.4, -0.2) is 44.0 Å². The second-order valence-corrected chi connectivity index (χ2v) is 6.98. The number of likely N-dealkylation sites (tertiary alicyclic amines) is 1. The molecule has 24 heavy (non-hydrogen) atoms. The third kappa shape index (κ3) is 3.01. The van der Waals surface area contributed by atoms with Gasteiger partial charge in [-0.15, -0.1) is 11.8 Å². The summed E-state index contributed by atoms with van der Waals surface area (Å²) in [5.41, 5.74) is 1.67. The Morgan fingerprint density at radius 3 is 2.79 bits per heavy atom. The van der Waals surface area contributed by atoms with E-state index in [2.05, 4.69) is 9.97 Å². The van der Waals surface area contributed by atoms with Gasteiger partial charge in [-0.25, -0.2) is 9.97 Å². The number of fused-ring (bicyclic) bond motifs is 1. The lowest BCUT2D eigenvalue weighted by atomic mass is 10.1. The van der Waals surface area contributed by atoms with Crippen molar-refractivity contribution in [2.24, 2.45) is 5.92 Å². The maximum Gasteiger partial charge on any atom is 0.253 e. The van der Waals surface area contributed by atoms with Crippen LogP contribution in [0, 0.1) is 5.92 Å². The molecule has 1 amide bonds. The molecule has 0 unspecified atom stereocenters. The number of rotatable bonds is 4. The minimum absolute atomic E-state index is 0.136. The van der Waals surface area contributed by atoms with Crippen LogP contribution in [0.25, 0.3) is 5.65 Å². The molecule has 5 nitrogen and oxygen atoms in total. The van der Waals surface area contributed by atoms with E-state index in [-0.39, 0.29) is 5.91 Å². The van der Waals surface area contributed by atoms with E-state index in [1.54, 1.807) is 24.2 Å². The maximum absolute atomic E-state index is 12.5. The zero-order chi connectivity index (χ0) is 16.4. The van der Waals surface area contributed by atoms with Crippen molar-refractivity contribution in [2.75, 3.05) is 18.8 Å². The smallest absolute Gasteiger partial charge is 0.253 e. The highest BCUT2D eigenvalue weighted by atomic mass is 32.2. The van der Waals surface area contributed by atoms with E-state index >= 15 is 0 Å². The first-order chi connectivity index (χ1) is 11.8. The molecule has 1 fully saturated rings. The van der Waals surface area contributed by atoms with Crippen LogP contribution in [0.4, 0.5) is 0 Å². The molecular weight excluding hydrogens is 320 g/mol. The van der Waals surface area contributed by atoms with Crippen molar-refractivity contribution in [1.82, 2.24) is 19.3 Å². The number of carbonyl (C=O) groups is 1. The van der Waals surface area contributed by atoms with E-state index in [0.717, 1.165) is 41.5 Å². The van der Waals surface area contributed by atoms with Gasteiger partial charge in [-0.3, -0.25) is 4.79 Å². The second kappa shape index (κ2) is 6.65. The lowest BCUT2D eigenvalue weighted by Crippen LogP contribution is -2.28. The van der Waals surface area contributed by atoms with Gasteiger partial charge in [0.2, 0.25) is 0 Å². The standard InChI is InChI=1S/C18H18N4OS/c23-18(15-4-2-1-3-5-15)22-9-6-14(12-22)13-24-17-16-19-7-10-21(16)11-8-20-17/h1-5,7-8,10-11,14H,6,9,12-13H2/t14-/m0/s1. The van der Waals surface area contributed by atoms with Gasteiger partial charge in [0.25, 0.3) is 5.91 Å². The fourth-order valence-corrected chi connectivity index (χ4v) is 4.13. The van der Waals surface area contributed by atoms with E-state index in [1.165, 1.54) is 0 Å². The topological polar surface area (TPSA) is 50.5 Å². The van der Waals surface area contributed by atoms with Gasteiger partial charge in [0.1, 0.15) is 5.03 Å². The lowest BCUT2D eigenvalue weighted by Gasteiger charge is -2.16. The van der Waals surface area contributed by atoms with Crippen LogP contribution >= 0.6 is 11.8 Å². The largest absolute Gasteiger partial charge is 0.338 e. The Kier molecular flexibility index (Phi) is 4.21. The molecule has 0 spiro atoms. The van der Waals surface area contributed by atoms with E-state index in [9.17, 15) is 4.79 Å². The van der Waals surface area contributed by atoms with Gasteiger partial charge < -0.3 is 9.30 Å². The van der Waals surface area contributed by atoms with Crippen molar-refractivity contribution >= 4 is 23.3 Å². The number of thioether (sulfide) groups is 1. The minimum Gasteiger partial charge on any atom is -0.338 e. The van der Waals surface area contributed by atoms with E-state index in [0.29, 0.717) is 5.92 Å². The van der Waals surface area contributed by atoms with E-state index in [1.807, 2.05) is 52.0 Å². The van der Waals surface area contributed by atoms with Crippen molar-refractivity contribution in [3.63, 3.8) is 0 Å². The van der Waals surface area contributed by atoms with Crippen molar-refractivity contribution in [3.8, 4) is 0 Å². The fraction of sp³-hybridized carbons (Fsp3) is 0.278. The molecule has 1 atom stereocenters. The molecule has 0 saturated carbocycles. The number of carbonyl (C=O) groups excluding carboxylic acids is 1. The molecule has 0 bridgehead atoms. The lowest BCUT2D eigenvalue weighted by molar-refractivity contribution is 0.0788. The SMILES string of the molecule is O=C(c1ccccc1)N1CC[C@H](CSc2nccn3ccnc23)C1. The number of nitrogens with zero attached hydrogens (tertiary/aromatic N) is 4.